The number of amides is 1. The zero-order chi connectivity index (χ0) is 14.1. The molecule has 0 saturated carbocycles. The summed E-state index contributed by atoms with van der Waals surface area (Å²) in [6.07, 6.45) is 3.31. The van der Waals surface area contributed by atoms with Gasteiger partial charge in [0.25, 0.3) is 0 Å². The highest BCUT2D eigenvalue weighted by Crippen LogP contribution is 2.30. The second-order valence-electron chi connectivity index (χ2n) is 5.02. The average Bonchev–Trinajstić information content (AvgIpc) is 2.48. The fraction of sp³-hybridized carbons (Fsp3) is 0.562. The molecule has 0 aromatic heterocycles. The molecule has 1 aromatic rings. The molecule has 0 aliphatic carbocycles. The number of rotatable bonds is 8. The Labute approximate surface area is 128 Å². The summed E-state index contributed by atoms with van der Waals surface area (Å²) in [7, 11) is 0. The van der Waals surface area contributed by atoms with Gasteiger partial charge in [0.2, 0.25) is 5.91 Å². The van der Waals surface area contributed by atoms with E-state index in [1.165, 1.54) is 5.56 Å². The first-order valence-electron chi connectivity index (χ1n) is 7.21. The van der Waals surface area contributed by atoms with Gasteiger partial charge in [0.1, 0.15) is 0 Å². The molecule has 1 rings (SSSR count). The first-order valence-corrected chi connectivity index (χ1v) is 7.21. The Balaban J connectivity index is 0.00000361. The minimum atomic E-state index is 0. The summed E-state index contributed by atoms with van der Waals surface area (Å²) in [5.74, 6) is 0.104. The van der Waals surface area contributed by atoms with Crippen LogP contribution in [0.1, 0.15) is 45.1 Å². The summed E-state index contributed by atoms with van der Waals surface area (Å²) in [6, 6.07) is 10.5. The number of carbonyl (C=O) groups is 1. The summed E-state index contributed by atoms with van der Waals surface area (Å²) >= 11 is 0. The number of carbonyl (C=O) groups excluding carboxylic acids is 1. The lowest BCUT2D eigenvalue weighted by atomic mass is 9.76. The van der Waals surface area contributed by atoms with E-state index >= 15 is 0 Å². The van der Waals surface area contributed by atoms with Gasteiger partial charge in [-0.2, -0.15) is 0 Å². The summed E-state index contributed by atoms with van der Waals surface area (Å²) in [6.45, 7) is 5.64. The summed E-state index contributed by atoms with van der Waals surface area (Å²) < 4.78 is 0. The molecule has 0 aliphatic rings. The summed E-state index contributed by atoms with van der Waals surface area (Å²) in [5, 5.41) is 3.06. The monoisotopic (exact) mass is 298 g/mol. The average molecular weight is 299 g/mol. The number of hydrogen-bond acceptors (Lipinski definition) is 2. The number of halogens is 1. The normalized spacial score (nSPS) is 10.8. The minimum Gasteiger partial charge on any atom is -0.355 e. The van der Waals surface area contributed by atoms with Gasteiger partial charge in [-0.05, 0) is 31.4 Å². The molecule has 0 bridgehead atoms. The molecule has 0 heterocycles. The van der Waals surface area contributed by atoms with E-state index in [0.717, 1.165) is 19.3 Å². The molecule has 0 unspecified atom stereocenters. The van der Waals surface area contributed by atoms with Crippen molar-refractivity contribution in [3.8, 4) is 0 Å². The van der Waals surface area contributed by atoms with E-state index in [1.54, 1.807) is 0 Å². The number of nitrogens with one attached hydrogen (secondary N) is 1. The molecule has 1 aromatic carbocycles. The van der Waals surface area contributed by atoms with Crippen molar-refractivity contribution in [2.24, 2.45) is 5.73 Å². The molecule has 0 atom stereocenters. The van der Waals surface area contributed by atoms with E-state index in [9.17, 15) is 4.79 Å². The molecule has 4 heteroatoms. The standard InChI is InChI=1S/C16H26N2O.ClH/c1-3-16(4-2,14-9-6-5-7-10-14)13-18-15(19)11-8-12-17;/h5-7,9-10H,3-4,8,11-13,17H2,1-2H3,(H,18,19);1H. The fourth-order valence-electron chi connectivity index (χ4n) is 2.42. The molecule has 0 fully saturated rings. The van der Waals surface area contributed by atoms with Crippen LogP contribution in [0, 0.1) is 0 Å². The third-order valence-corrected chi connectivity index (χ3v) is 3.97. The topological polar surface area (TPSA) is 55.1 Å². The van der Waals surface area contributed by atoms with Gasteiger partial charge in [-0.15, -0.1) is 12.4 Å². The lowest BCUT2D eigenvalue weighted by molar-refractivity contribution is -0.121. The van der Waals surface area contributed by atoms with Crippen LogP contribution in [0.4, 0.5) is 0 Å². The van der Waals surface area contributed by atoms with Gasteiger partial charge < -0.3 is 11.1 Å². The Bertz CT molecular complexity index is 377. The number of nitrogens with two attached hydrogens (primary N) is 1. The maximum Gasteiger partial charge on any atom is 0.220 e. The number of benzene rings is 1. The van der Waals surface area contributed by atoms with Crippen LogP contribution < -0.4 is 11.1 Å². The highest BCUT2D eigenvalue weighted by molar-refractivity contribution is 5.85. The van der Waals surface area contributed by atoms with Crippen molar-refractivity contribution in [1.82, 2.24) is 5.32 Å². The first kappa shape index (κ1) is 18.9. The molecule has 20 heavy (non-hydrogen) atoms. The highest BCUT2D eigenvalue weighted by Gasteiger charge is 2.28. The summed E-state index contributed by atoms with van der Waals surface area (Å²) in [4.78, 5) is 11.7. The zero-order valence-electron chi connectivity index (χ0n) is 12.5. The Morgan fingerprint density at radius 1 is 1.20 bits per heavy atom. The smallest absolute Gasteiger partial charge is 0.220 e. The quantitative estimate of drug-likeness (QED) is 0.775. The predicted molar refractivity (Wildman–Crippen MR) is 87.2 cm³/mol. The van der Waals surface area contributed by atoms with Crippen molar-refractivity contribution < 1.29 is 4.79 Å². The minimum absolute atomic E-state index is 0. The molecule has 3 nitrogen and oxygen atoms in total. The SMILES string of the molecule is CCC(CC)(CNC(=O)CCCN)c1ccccc1.Cl. The van der Waals surface area contributed by atoms with Crippen LogP contribution >= 0.6 is 12.4 Å². The molecule has 114 valence electrons. The molecule has 0 aliphatic heterocycles. The van der Waals surface area contributed by atoms with Crippen LogP contribution in [0.5, 0.6) is 0 Å². The van der Waals surface area contributed by atoms with Gasteiger partial charge in [0, 0.05) is 18.4 Å². The molecule has 3 N–H and O–H groups in total. The summed E-state index contributed by atoms with van der Waals surface area (Å²) in [5.41, 5.74) is 6.77. The predicted octanol–water partition coefficient (Wildman–Crippen LogP) is 3.02. The highest BCUT2D eigenvalue weighted by atomic mass is 35.5. The largest absolute Gasteiger partial charge is 0.355 e. The second kappa shape index (κ2) is 9.78. The Morgan fingerprint density at radius 2 is 1.80 bits per heavy atom. The van der Waals surface area contributed by atoms with E-state index in [0.29, 0.717) is 19.5 Å². The molecule has 1 amide bonds. The molecular weight excluding hydrogens is 272 g/mol. The molecule has 0 spiro atoms. The van der Waals surface area contributed by atoms with Crippen LogP contribution in [0.2, 0.25) is 0 Å². The van der Waals surface area contributed by atoms with Crippen molar-refractivity contribution in [1.29, 1.82) is 0 Å². The van der Waals surface area contributed by atoms with Crippen molar-refractivity contribution in [3.05, 3.63) is 35.9 Å². The third-order valence-electron chi connectivity index (χ3n) is 3.97. The number of hydrogen-bond donors (Lipinski definition) is 2. The lowest BCUT2D eigenvalue weighted by Crippen LogP contribution is -2.40. The van der Waals surface area contributed by atoms with E-state index in [4.69, 9.17) is 5.73 Å². The van der Waals surface area contributed by atoms with Crippen LogP contribution in [-0.4, -0.2) is 19.0 Å². The van der Waals surface area contributed by atoms with Gasteiger partial charge in [-0.3, -0.25) is 4.79 Å². The molecular formula is C16H27ClN2O. The van der Waals surface area contributed by atoms with Crippen molar-refractivity contribution in [2.45, 2.75) is 44.9 Å². The Hall–Kier alpha value is -1.06. The van der Waals surface area contributed by atoms with E-state index in [2.05, 4.69) is 43.4 Å². The van der Waals surface area contributed by atoms with Crippen molar-refractivity contribution >= 4 is 18.3 Å². The molecule has 0 radical (unpaired) electrons. The van der Waals surface area contributed by atoms with Crippen molar-refractivity contribution in [3.63, 3.8) is 0 Å². The van der Waals surface area contributed by atoms with E-state index < -0.39 is 0 Å². The van der Waals surface area contributed by atoms with Crippen LogP contribution in [0.25, 0.3) is 0 Å². The molecule has 0 saturated heterocycles. The van der Waals surface area contributed by atoms with Gasteiger partial charge >= 0.3 is 0 Å². The Morgan fingerprint density at radius 3 is 2.30 bits per heavy atom. The third kappa shape index (κ3) is 5.14. The fourth-order valence-corrected chi connectivity index (χ4v) is 2.42. The van der Waals surface area contributed by atoms with E-state index in [-0.39, 0.29) is 23.7 Å². The lowest BCUT2D eigenvalue weighted by Gasteiger charge is -2.32. The first-order chi connectivity index (χ1) is 9.18. The maximum atomic E-state index is 11.7. The van der Waals surface area contributed by atoms with Crippen LogP contribution in [-0.2, 0) is 10.2 Å². The zero-order valence-corrected chi connectivity index (χ0v) is 13.3. The van der Waals surface area contributed by atoms with Crippen molar-refractivity contribution in [2.75, 3.05) is 13.1 Å². The maximum absolute atomic E-state index is 11.7. The van der Waals surface area contributed by atoms with Crippen LogP contribution in [0.15, 0.2) is 30.3 Å². The van der Waals surface area contributed by atoms with Gasteiger partial charge in [0.05, 0.1) is 0 Å². The van der Waals surface area contributed by atoms with Gasteiger partial charge in [-0.25, -0.2) is 0 Å². The van der Waals surface area contributed by atoms with Crippen LogP contribution in [0.3, 0.4) is 0 Å². The second-order valence-corrected chi connectivity index (χ2v) is 5.02. The van der Waals surface area contributed by atoms with E-state index in [1.807, 2.05) is 6.07 Å². The van der Waals surface area contributed by atoms with Gasteiger partial charge in [0.15, 0.2) is 0 Å². The Kier molecular flexibility index (Phi) is 9.26. The van der Waals surface area contributed by atoms with Gasteiger partial charge in [-0.1, -0.05) is 44.2 Å².